The third kappa shape index (κ3) is 22.5. The number of aryl methyl sites for hydroxylation is 5. The van der Waals surface area contributed by atoms with Gasteiger partial charge in [-0.15, -0.1) is 11.3 Å². The molecular weight excluding hydrogens is 1770 g/mol. The number of fused-ring (bicyclic) bond motifs is 5. The lowest BCUT2D eigenvalue weighted by Crippen LogP contribution is -2.17. The summed E-state index contributed by atoms with van der Waals surface area (Å²) < 4.78 is 22.7. The molecule has 36 heteroatoms. The normalized spacial score (nSPS) is 11.0. The Bertz CT molecular complexity index is 7900. The van der Waals surface area contributed by atoms with E-state index in [9.17, 15) is 24.0 Å². The lowest BCUT2D eigenvalue weighted by atomic mass is 10.1. The van der Waals surface area contributed by atoms with Crippen molar-refractivity contribution in [2.75, 3.05) is 47.4 Å². The highest BCUT2D eigenvalue weighted by molar-refractivity contribution is 7.13. The zero-order chi connectivity index (χ0) is 94.2. The fourth-order valence-electron chi connectivity index (χ4n) is 14.1. The van der Waals surface area contributed by atoms with Crippen molar-refractivity contribution in [1.82, 2.24) is 97.9 Å². The Morgan fingerprint density at radius 3 is 1.21 bits per heavy atom. The molecule has 10 N–H and O–H groups in total. The number of hydrogen-bond donors (Lipinski definition) is 10. The summed E-state index contributed by atoms with van der Waals surface area (Å²) >= 11 is 13.9. The van der Waals surface area contributed by atoms with Crippen LogP contribution in [0.3, 0.4) is 0 Å². The number of thiophene rings is 1. The van der Waals surface area contributed by atoms with Crippen LogP contribution in [0.5, 0.6) is 17.2 Å². The number of halogens is 2. The van der Waals surface area contributed by atoms with E-state index < -0.39 is 0 Å². The van der Waals surface area contributed by atoms with Gasteiger partial charge in [0.05, 0.1) is 92.6 Å². The van der Waals surface area contributed by atoms with Crippen LogP contribution in [0, 0.1) is 34.6 Å². The van der Waals surface area contributed by atoms with Crippen LogP contribution >= 0.6 is 34.5 Å². The van der Waals surface area contributed by atoms with Crippen molar-refractivity contribution in [2.45, 2.75) is 87.6 Å². The average molecular weight is 1860 g/mol. The molecule has 0 saturated heterocycles. The van der Waals surface area contributed by atoms with Gasteiger partial charge in [0.2, 0.25) is 0 Å². The van der Waals surface area contributed by atoms with Gasteiger partial charge in [-0.2, -0.15) is 47.5 Å². The summed E-state index contributed by atoms with van der Waals surface area (Å²) in [6.45, 7) is 16.8. The predicted molar refractivity (Wildman–Crippen MR) is 529 cm³/mol. The summed E-state index contributed by atoms with van der Waals surface area (Å²) in [6.07, 6.45) is 1.01. The molecular formula is C99H93Cl2N25O8S. The number of ether oxygens (including phenoxy) is 3. The molecule has 33 nitrogen and oxygen atoms in total. The first-order valence-electron chi connectivity index (χ1n) is 43.0. The number of nitrogens with one attached hydrogen (secondary N) is 10. The monoisotopic (exact) mass is 1860 g/mol. The van der Waals surface area contributed by atoms with Gasteiger partial charge in [0, 0.05) is 85.4 Å². The molecule has 0 amide bonds. The van der Waals surface area contributed by atoms with Crippen molar-refractivity contribution in [2.24, 2.45) is 0 Å². The number of aromatic nitrogens is 20. The summed E-state index contributed by atoms with van der Waals surface area (Å²) in [6, 6.07) is 77.3. The standard InChI is InChI=1S/C22H23N5O2.C21H21N5O.2C20H18ClN5O2.C16H13N5OS/c1-4-29-19-8-6-5-7-18(19)23-13-17-12-20(28)27-22(24-17)25-21(26-27)16-10-9-14(2)15(3)11-16;1-3-15-7-9-17(10-8-15)22-13-18-12-19(27)26-21(23-18)24-20(25-26)16-6-4-5-14(2)11-16;1-12-3-6-14(9-17(12)21)22-11-15-10-18(27)26-20(23-15)24-19(25-26)13-4-7-16(28-2)8-5-13;1-12-16(21)4-3-5-17(12)22-11-14-10-18(27)26-20(23-14)24-19(25-26)13-6-8-15(28-2)9-7-13;22-14-9-12(10-17-11-5-2-1-3-6-11)18-16-19-15(20-21(14)16)13-7-4-8-23-13/h5-12,23H,4,13H2,1-3H3,(H,24,25,26);4-12,22H,3,13H2,1-2H3,(H,23,24,25);2*3-10,22H,11H2,1-2H3,(H,23,24,25);1-9,17H,10H2,(H,18,19,20). The first-order chi connectivity index (χ1) is 65.5. The second-order valence-electron chi connectivity index (χ2n) is 31.1. The zero-order valence-corrected chi connectivity index (χ0v) is 77.2. The van der Waals surface area contributed by atoms with Crippen molar-refractivity contribution in [3.05, 3.63) is 378 Å². The van der Waals surface area contributed by atoms with E-state index in [0.29, 0.717) is 136 Å². The fraction of sp³-hybridized carbons (Fsp3) is 0.162. The van der Waals surface area contributed by atoms with Crippen LogP contribution < -0.4 is 68.6 Å². The van der Waals surface area contributed by atoms with E-state index in [2.05, 4.69) is 135 Å². The quantitative estimate of drug-likeness (QED) is 0.0254. The Labute approximate surface area is 785 Å². The second-order valence-corrected chi connectivity index (χ2v) is 32.8. The Morgan fingerprint density at radius 2 is 0.748 bits per heavy atom. The van der Waals surface area contributed by atoms with Crippen molar-refractivity contribution >= 4 is 91.9 Å². The fourth-order valence-corrected chi connectivity index (χ4v) is 15.1. The molecule has 0 atom stereocenters. The number of anilines is 5. The molecule has 682 valence electrons. The van der Waals surface area contributed by atoms with Gasteiger partial charge in [0.15, 0.2) is 29.1 Å². The molecule has 20 rings (SSSR count). The number of hydrogen-bond acceptors (Lipinski definition) is 24. The third-order valence-electron chi connectivity index (χ3n) is 21.6. The number of benzene rings is 9. The largest absolute Gasteiger partial charge is 0.497 e. The van der Waals surface area contributed by atoms with Crippen LogP contribution in [0.1, 0.15) is 75.7 Å². The Morgan fingerprint density at radius 1 is 0.341 bits per heavy atom. The van der Waals surface area contributed by atoms with Crippen LogP contribution in [0.4, 0.5) is 28.4 Å². The van der Waals surface area contributed by atoms with Crippen molar-refractivity contribution in [3.8, 4) is 73.5 Å². The minimum Gasteiger partial charge on any atom is -0.497 e. The maximum atomic E-state index is 12.5. The summed E-state index contributed by atoms with van der Waals surface area (Å²) in [5.41, 5.74) is 17.0. The topological polar surface area (TPSA) is 403 Å². The molecule has 135 heavy (non-hydrogen) atoms. The van der Waals surface area contributed by atoms with E-state index in [4.69, 9.17) is 37.4 Å². The van der Waals surface area contributed by atoms with E-state index in [-0.39, 0.29) is 27.8 Å². The molecule has 20 aromatic rings. The van der Waals surface area contributed by atoms with Gasteiger partial charge in [0.1, 0.15) is 17.2 Å². The molecule has 0 unspecified atom stereocenters. The highest BCUT2D eigenvalue weighted by atomic mass is 35.5. The Balaban J connectivity index is 0.000000123. The predicted octanol–water partition coefficient (Wildman–Crippen LogP) is 17.4. The van der Waals surface area contributed by atoms with E-state index in [1.54, 1.807) is 25.6 Å². The van der Waals surface area contributed by atoms with Crippen LogP contribution in [0.2, 0.25) is 10.0 Å². The van der Waals surface area contributed by atoms with Crippen molar-refractivity contribution in [1.29, 1.82) is 0 Å². The highest BCUT2D eigenvalue weighted by Gasteiger charge is 2.19. The van der Waals surface area contributed by atoms with Gasteiger partial charge in [-0.3, -0.25) is 49.5 Å². The zero-order valence-electron chi connectivity index (χ0n) is 74.8. The average Bonchev–Trinajstić information content (AvgIpc) is 1.65. The van der Waals surface area contributed by atoms with Gasteiger partial charge in [-0.25, -0.2) is 24.9 Å². The van der Waals surface area contributed by atoms with Crippen LogP contribution in [0.15, 0.2) is 278 Å². The number of nitrogens with zero attached hydrogens (tertiary/aromatic N) is 15. The molecule has 0 aliphatic heterocycles. The summed E-state index contributed by atoms with van der Waals surface area (Å²) in [7, 11) is 3.22. The van der Waals surface area contributed by atoms with Crippen LogP contribution in [0.25, 0.3) is 85.1 Å². The number of aromatic amines is 5. The maximum absolute atomic E-state index is 12.5. The second kappa shape index (κ2) is 42.1. The molecule has 0 saturated carbocycles. The van der Waals surface area contributed by atoms with E-state index >= 15 is 0 Å². The smallest absolute Gasteiger partial charge is 0.274 e. The molecule has 0 bridgehead atoms. The maximum Gasteiger partial charge on any atom is 0.274 e. The molecule has 0 radical (unpaired) electrons. The molecule has 9 aromatic carbocycles. The molecule has 11 aromatic heterocycles. The third-order valence-corrected chi connectivity index (χ3v) is 23.3. The lowest BCUT2D eigenvalue weighted by molar-refractivity contribution is 0.341. The summed E-state index contributed by atoms with van der Waals surface area (Å²) in [5, 5.41) is 34.7. The summed E-state index contributed by atoms with van der Waals surface area (Å²) in [5.74, 6) is 7.01. The van der Waals surface area contributed by atoms with Gasteiger partial charge in [-0.1, -0.05) is 127 Å². The SMILES string of the molecule is CCOc1ccccc1NCc1cc(=O)n2[nH]c(-c3ccc(C)c(C)c3)nc2n1.CCc1ccc(NCc2cc(=O)n3[nH]c(-c4cccc(C)c4)nc3n2)cc1.COc1ccc(-c2nc3nc(CNc4ccc(C)c(Cl)c4)cc(=O)n3[nH]2)cc1.COc1ccc(-c2nc3nc(CNc4cccc(Cl)c4C)cc(=O)n3[nH]2)cc1.O=c1cc(CNc2ccccc2)nc2nc(-c3cccs3)[nH]n12. The van der Waals surface area contributed by atoms with Crippen LogP contribution in [-0.4, -0.2) is 119 Å². The lowest BCUT2D eigenvalue weighted by Gasteiger charge is -2.11. The van der Waals surface area contributed by atoms with Gasteiger partial charge in [0.25, 0.3) is 56.7 Å². The molecule has 0 fully saturated rings. The Kier molecular flexibility index (Phi) is 28.6. The van der Waals surface area contributed by atoms with Crippen molar-refractivity contribution in [3.63, 3.8) is 0 Å². The number of para-hydroxylation sites is 3. The molecule has 0 aliphatic carbocycles. The van der Waals surface area contributed by atoms with Gasteiger partial charge >= 0.3 is 0 Å². The van der Waals surface area contributed by atoms with Gasteiger partial charge in [-0.05, 0) is 209 Å². The number of rotatable bonds is 25. The summed E-state index contributed by atoms with van der Waals surface area (Å²) in [4.78, 5) is 108. The molecule has 0 aliphatic rings. The van der Waals surface area contributed by atoms with Crippen molar-refractivity contribution < 1.29 is 14.2 Å². The minimum atomic E-state index is -0.226. The van der Waals surface area contributed by atoms with Crippen LogP contribution in [-0.2, 0) is 39.1 Å². The van der Waals surface area contributed by atoms with E-state index in [1.807, 2.05) is 239 Å². The molecule has 0 spiro atoms. The number of H-pyrrole nitrogens is 5. The highest BCUT2D eigenvalue weighted by Crippen LogP contribution is 2.30. The van der Waals surface area contributed by atoms with E-state index in [0.717, 1.165) is 95.9 Å². The molecule has 11 heterocycles. The first-order valence-corrected chi connectivity index (χ1v) is 44.7. The van der Waals surface area contributed by atoms with Gasteiger partial charge < -0.3 is 40.8 Å². The van der Waals surface area contributed by atoms with E-state index in [1.165, 1.54) is 69.6 Å². The number of methoxy groups -OCH3 is 2. The first kappa shape index (κ1) is 91.7. The Hall–Kier alpha value is -16.6. The minimum absolute atomic E-state index is 0.171.